The van der Waals surface area contributed by atoms with Crippen LogP contribution in [0.1, 0.15) is 25.4 Å². The zero-order valence-electron chi connectivity index (χ0n) is 14.1. The Kier molecular flexibility index (Phi) is 9.50. The number of aromatic amines is 1. The number of rotatable bonds is 5. The average Bonchev–Trinajstić information content (AvgIpc) is 2.80. The number of halogens is 2. The first-order chi connectivity index (χ1) is 10.4. The molecule has 9 heteroatoms. The molecule has 0 aliphatic carbocycles. The van der Waals surface area contributed by atoms with Crippen LogP contribution in [0, 0.1) is 18.8 Å². The fraction of sp³-hybridized carbons (Fsp3) is 0.667. The predicted molar refractivity (Wildman–Crippen MR) is 96.7 cm³/mol. The molecular weight excluding hydrogens is 355 g/mol. The molecule has 0 bridgehead atoms. The summed E-state index contributed by atoms with van der Waals surface area (Å²) in [5, 5.41) is 11.8. The van der Waals surface area contributed by atoms with E-state index < -0.39 is 6.61 Å². The van der Waals surface area contributed by atoms with Crippen LogP contribution < -0.4 is 10.9 Å². The largest absolute Gasteiger partial charge is 0.387 e. The van der Waals surface area contributed by atoms with Gasteiger partial charge in [0.2, 0.25) is 5.91 Å². The molecular formula is C15H26Cl2N4O3. The first-order valence-corrected chi connectivity index (χ1v) is 7.58. The van der Waals surface area contributed by atoms with Crippen molar-refractivity contribution in [3.63, 3.8) is 0 Å². The highest BCUT2D eigenvalue weighted by Crippen LogP contribution is 2.25. The summed E-state index contributed by atoms with van der Waals surface area (Å²) in [4.78, 5) is 32.1. The van der Waals surface area contributed by atoms with Crippen molar-refractivity contribution in [3.8, 4) is 0 Å². The van der Waals surface area contributed by atoms with Crippen LogP contribution in [-0.2, 0) is 11.3 Å². The highest BCUT2D eigenvalue weighted by atomic mass is 35.5. The monoisotopic (exact) mass is 380 g/mol. The number of aromatic nitrogens is 2. The first kappa shape index (κ1) is 22.9. The van der Waals surface area contributed by atoms with E-state index in [1.54, 1.807) is 6.92 Å². The van der Waals surface area contributed by atoms with Crippen LogP contribution in [0.15, 0.2) is 10.9 Å². The van der Waals surface area contributed by atoms with Crippen molar-refractivity contribution in [1.82, 2.24) is 20.2 Å². The molecule has 1 aliphatic rings. The van der Waals surface area contributed by atoms with Gasteiger partial charge >= 0.3 is 0 Å². The first-order valence-electron chi connectivity index (χ1n) is 7.58. The van der Waals surface area contributed by atoms with Gasteiger partial charge in [-0.2, -0.15) is 0 Å². The lowest BCUT2D eigenvalue weighted by Gasteiger charge is -2.22. The summed E-state index contributed by atoms with van der Waals surface area (Å²) in [6.45, 7) is 7.64. The van der Waals surface area contributed by atoms with Gasteiger partial charge in [0, 0.05) is 31.7 Å². The van der Waals surface area contributed by atoms with Gasteiger partial charge < -0.3 is 15.4 Å². The van der Waals surface area contributed by atoms with Crippen LogP contribution in [0.25, 0.3) is 0 Å². The Morgan fingerprint density at radius 1 is 1.46 bits per heavy atom. The van der Waals surface area contributed by atoms with E-state index in [4.69, 9.17) is 5.11 Å². The Morgan fingerprint density at radius 2 is 2.12 bits per heavy atom. The molecule has 1 aromatic rings. The molecule has 3 N–H and O–H groups in total. The van der Waals surface area contributed by atoms with E-state index in [1.807, 2.05) is 0 Å². The number of H-pyrrole nitrogens is 1. The van der Waals surface area contributed by atoms with Crippen LogP contribution >= 0.6 is 24.8 Å². The van der Waals surface area contributed by atoms with Crippen LogP contribution in [0.5, 0.6) is 0 Å². The fourth-order valence-electron chi connectivity index (χ4n) is 3.07. The third-order valence-corrected chi connectivity index (χ3v) is 4.09. The fourth-order valence-corrected chi connectivity index (χ4v) is 3.07. The van der Waals surface area contributed by atoms with E-state index in [9.17, 15) is 9.59 Å². The van der Waals surface area contributed by atoms with Gasteiger partial charge in [0.05, 0.1) is 5.69 Å². The summed E-state index contributed by atoms with van der Waals surface area (Å²) < 4.78 is 0. The topological polar surface area (TPSA) is 98.3 Å². The summed E-state index contributed by atoms with van der Waals surface area (Å²) in [5.41, 5.74) is 0.588. The van der Waals surface area contributed by atoms with Gasteiger partial charge in [0.25, 0.3) is 5.56 Å². The van der Waals surface area contributed by atoms with E-state index in [0.717, 1.165) is 12.2 Å². The molecule has 0 spiro atoms. The van der Waals surface area contributed by atoms with Crippen LogP contribution in [0.3, 0.4) is 0 Å². The van der Waals surface area contributed by atoms with E-state index >= 15 is 0 Å². The van der Waals surface area contributed by atoms with Gasteiger partial charge in [0.15, 0.2) is 0 Å². The summed E-state index contributed by atoms with van der Waals surface area (Å²) in [6.07, 6.45) is 0. The maximum atomic E-state index is 11.5. The molecule has 2 rings (SSSR count). The zero-order chi connectivity index (χ0) is 16.3. The molecule has 1 aromatic heterocycles. The van der Waals surface area contributed by atoms with Crippen molar-refractivity contribution in [2.24, 2.45) is 11.8 Å². The number of hydrogen-bond acceptors (Lipinski definition) is 5. The second-order valence-electron chi connectivity index (χ2n) is 6.26. The molecule has 0 saturated carbocycles. The maximum absolute atomic E-state index is 11.5. The second kappa shape index (κ2) is 9.98. The molecule has 24 heavy (non-hydrogen) atoms. The summed E-state index contributed by atoms with van der Waals surface area (Å²) >= 11 is 0. The van der Waals surface area contributed by atoms with Gasteiger partial charge in [0.1, 0.15) is 12.4 Å². The minimum atomic E-state index is -0.490. The van der Waals surface area contributed by atoms with Crippen molar-refractivity contribution < 1.29 is 9.90 Å². The summed E-state index contributed by atoms with van der Waals surface area (Å²) in [6, 6.07) is 1.53. The van der Waals surface area contributed by atoms with Crippen LogP contribution in [0.4, 0.5) is 0 Å². The maximum Gasteiger partial charge on any atom is 0.251 e. The second-order valence-corrected chi connectivity index (χ2v) is 6.26. The summed E-state index contributed by atoms with van der Waals surface area (Å²) in [5.74, 6) is 0.997. The predicted octanol–water partition coefficient (Wildman–Crippen LogP) is 0.487. The van der Waals surface area contributed by atoms with E-state index in [2.05, 4.69) is 34.0 Å². The number of amides is 1. The molecule has 1 fully saturated rings. The lowest BCUT2D eigenvalue weighted by Crippen LogP contribution is -2.43. The van der Waals surface area contributed by atoms with Gasteiger partial charge in [-0.05, 0) is 18.8 Å². The molecule has 2 atom stereocenters. The minimum Gasteiger partial charge on any atom is -0.387 e. The standard InChI is InChI=1S/C15H24N4O3.2ClH/c1-9(2)12-6-19(7-13(12)18-15(22)8-20)5-11-4-14(21)17-10(3)16-11;;/h4,9,12-13,20H,5-8H2,1-3H3,(H,18,22)(H,16,17,21);2*1H/t12-,13+;;/m1../s1. The Labute approximate surface area is 154 Å². The normalized spacial score (nSPS) is 20.4. The molecule has 0 radical (unpaired) electrons. The van der Waals surface area contributed by atoms with Crippen LogP contribution in [-0.4, -0.2) is 51.6 Å². The number of hydrogen-bond donors (Lipinski definition) is 3. The van der Waals surface area contributed by atoms with Crippen molar-refractivity contribution in [2.75, 3.05) is 19.7 Å². The SMILES string of the molecule is Cc1nc(CN2C[C@H](NC(=O)CO)[C@@H](C(C)C)C2)cc(=O)[nH]1.Cl.Cl. The van der Waals surface area contributed by atoms with E-state index in [-0.39, 0.29) is 42.3 Å². The third kappa shape index (κ3) is 6.05. The number of aryl methyl sites for hydroxylation is 1. The molecule has 1 saturated heterocycles. The third-order valence-electron chi connectivity index (χ3n) is 4.09. The van der Waals surface area contributed by atoms with Gasteiger partial charge in [-0.3, -0.25) is 14.5 Å². The van der Waals surface area contributed by atoms with E-state index in [1.165, 1.54) is 6.07 Å². The van der Waals surface area contributed by atoms with Crippen molar-refractivity contribution in [1.29, 1.82) is 0 Å². The zero-order valence-corrected chi connectivity index (χ0v) is 15.7. The number of nitrogens with zero attached hydrogens (tertiary/aromatic N) is 2. The van der Waals surface area contributed by atoms with Crippen LogP contribution in [0.2, 0.25) is 0 Å². The number of likely N-dealkylation sites (tertiary alicyclic amines) is 1. The van der Waals surface area contributed by atoms with Gasteiger partial charge in [-0.25, -0.2) is 4.98 Å². The minimum absolute atomic E-state index is 0. The number of aliphatic hydroxyl groups excluding tert-OH is 1. The Balaban J connectivity index is 0.00000264. The number of nitrogens with one attached hydrogen (secondary N) is 2. The van der Waals surface area contributed by atoms with E-state index in [0.29, 0.717) is 30.7 Å². The molecule has 0 unspecified atom stereocenters. The number of carbonyl (C=O) groups excluding carboxylic acids is 1. The smallest absolute Gasteiger partial charge is 0.251 e. The summed E-state index contributed by atoms with van der Waals surface area (Å²) in [7, 11) is 0. The number of carbonyl (C=O) groups is 1. The lowest BCUT2D eigenvalue weighted by atomic mass is 9.91. The molecule has 0 aromatic carbocycles. The Morgan fingerprint density at radius 3 is 2.67 bits per heavy atom. The molecule has 1 aliphatic heterocycles. The molecule has 2 heterocycles. The van der Waals surface area contributed by atoms with Gasteiger partial charge in [-0.1, -0.05) is 13.8 Å². The van der Waals surface area contributed by atoms with Crippen molar-refractivity contribution in [3.05, 3.63) is 27.9 Å². The molecule has 1 amide bonds. The molecule has 138 valence electrons. The highest BCUT2D eigenvalue weighted by molar-refractivity contribution is 5.85. The van der Waals surface area contributed by atoms with Crippen molar-refractivity contribution in [2.45, 2.75) is 33.4 Å². The van der Waals surface area contributed by atoms with Gasteiger partial charge in [-0.15, -0.1) is 24.8 Å². The number of aliphatic hydroxyl groups is 1. The Hall–Kier alpha value is -1.15. The lowest BCUT2D eigenvalue weighted by molar-refractivity contribution is -0.124. The van der Waals surface area contributed by atoms with Crippen molar-refractivity contribution >= 4 is 30.7 Å². The quantitative estimate of drug-likeness (QED) is 0.690. The highest BCUT2D eigenvalue weighted by Gasteiger charge is 2.35. The Bertz CT molecular complexity index is 594. The molecule has 7 nitrogen and oxygen atoms in total. The average molecular weight is 381 g/mol.